The highest BCUT2D eigenvalue weighted by Crippen LogP contribution is 2.41. The van der Waals surface area contributed by atoms with Gasteiger partial charge in [-0.15, -0.1) is 0 Å². The van der Waals surface area contributed by atoms with Gasteiger partial charge in [-0.2, -0.15) is 0 Å². The minimum Gasteiger partial charge on any atom is -0.375 e. The Labute approximate surface area is 121 Å². The molecule has 2 heterocycles. The van der Waals surface area contributed by atoms with Gasteiger partial charge in [0.25, 0.3) is 0 Å². The van der Waals surface area contributed by atoms with Crippen LogP contribution in [0.1, 0.15) is 47.0 Å². The van der Waals surface area contributed by atoms with Crippen molar-refractivity contribution in [3.63, 3.8) is 0 Å². The fourth-order valence-corrected chi connectivity index (χ4v) is 4.28. The van der Waals surface area contributed by atoms with Crippen molar-refractivity contribution < 1.29 is 14.3 Å². The van der Waals surface area contributed by atoms with E-state index in [2.05, 4.69) is 18.7 Å². The third-order valence-electron chi connectivity index (χ3n) is 5.28. The molecule has 4 heteroatoms. The predicted molar refractivity (Wildman–Crippen MR) is 76.7 cm³/mol. The van der Waals surface area contributed by atoms with Gasteiger partial charge >= 0.3 is 0 Å². The largest absolute Gasteiger partial charge is 0.375 e. The maximum atomic E-state index is 12.6. The molecule has 3 fully saturated rings. The van der Waals surface area contributed by atoms with Crippen molar-refractivity contribution in [2.75, 3.05) is 19.7 Å². The molecular formula is C16H27NO3. The van der Waals surface area contributed by atoms with Crippen LogP contribution in [-0.2, 0) is 14.3 Å². The van der Waals surface area contributed by atoms with Crippen LogP contribution >= 0.6 is 0 Å². The van der Waals surface area contributed by atoms with Gasteiger partial charge in [-0.3, -0.25) is 9.69 Å². The Kier molecular flexibility index (Phi) is 3.47. The number of hydrogen-bond donors (Lipinski definition) is 0. The van der Waals surface area contributed by atoms with Crippen LogP contribution in [0.2, 0.25) is 0 Å². The molecule has 0 spiro atoms. The molecule has 3 atom stereocenters. The zero-order valence-electron chi connectivity index (χ0n) is 13.1. The van der Waals surface area contributed by atoms with Gasteiger partial charge in [0, 0.05) is 19.1 Å². The number of fused-ring (bicyclic) bond motifs is 1. The Morgan fingerprint density at radius 3 is 2.65 bits per heavy atom. The number of rotatable bonds is 2. The molecule has 0 aromatic carbocycles. The molecule has 2 saturated heterocycles. The SMILES string of the molecule is CC1(C)OC(C)(C)C(CN2CCOC3CCCC32)C1=O. The first kappa shape index (κ1) is 14.5. The number of ether oxygens (including phenoxy) is 2. The quantitative estimate of drug-likeness (QED) is 0.776. The summed E-state index contributed by atoms with van der Waals surface area (Å²) in [6.45, 7) is 10.5. The van der Waals surface area contributed by atoms with Crippen LogP contribution in [0.25, 0.3) is 0 Å². The molecule has 3 rings (SSSR count). The lowest BCUT2D eigenvalue weighted by molar-refractivity contribution is -0.132. The third-order valence-corrected chi connectivity index (χ3v) is 5.28. The monoisotopic (exact) mass is 281 g/mol. The molecule has 1 aliphatic carbocycles. The Hall–Kier alpha value is -0.450. The van der Waals surface area contributed by atoms with E-state index in [0.717, 1.165) is 19.7 Å². The van der Waals surface area contributed by atoms with Crippen molar-refractivity contribution in [1.29, 1.82) is 0 Å². The molecule has 0 aromatic heterocycles. The number of carbonyl (C=O) groups excluding carboxylic acids is 1. The van der Waals surface area contributed by atoms with Gasteiger partial charge in [-0.25, -0.2) is 0 Å². The summed E-state index contributed by atoms with van der Waals surface area (Å²) in [6.07, 6.45) is 4.01. The normalized spacial score (nSPS) is 40.0. The second-order valence-corrected chi connectivity index (χ2v) is 7.54. The van der Waals surface area contributed by atoms with Crippen LogP contribution in [0.4, 0.5) is 0 Å². The fraction of sp³-hybridized carbons (Fsp3) is 0.938. The molecule has 0 bridgehead atoms. The number of carbonyl (C=O) groups is 1. The fourth-order valence-electron chi connectivity index (χ4n) is 4.28. The topological polar surface area (TPSA) is 38.8 Å². The summed E-state index contributed by atoms with van der Waals surface area (Å²) in [6, 6.07) is 0.510. The molecule has 1 saturated carbocycles. The Balaban J connectivity index is 1.75. The molecule has 114 valence electrons. The smallest absolute Gasteiger partial charge is 0.171 e. The highest BCUT2D eigenvalue weighted by atomic mass is 16.5. The minimum absolute atomic E-state index is 0.0307. The van der Waals surface area contributed by atoms with Gasteiger partial charge in [-0.1, -0.05) is 0 Å². The number of ketones is 1. The Morgan fingerprint density at radius 2 is 2.00 bits per heavy atom. The molecule has 0 amide bonds. The highest BCUT2D eigenvalue weighted by molar-refractivity contribution is 5.91. The van der Waals surface area contributed by atoms with E-state index in [1.807, 2.05) is 13.8 Å². The molecule has 0 N–H and O–H groups in total. The summed E-state index contributed by atoms with van der Waals surface area (Å²) in [7, 11) is 0. The molecule has 0 radical (unpaired) electrons. The number of nitrogens with zero attached hydrogens (tertiary/aromatic N) is 1. The minimum atomic E-state index is -0.643. The molecular weight excluding hydrogens is 254 g/mol. The summed E-state index contributed by atoms with van der Waals surface area (Å²) in [4.78, 5) is 15.1. The van der Waals surface area contributed by atoms with Gasteiger partial charge in [0.15, 0.2) is 5.78 Å². The lowest BCUT2D eigenvalue weighted by Crippen LogP contribution is -2.52. The lowest BCUT2D eigenvalue weighted by atomic mass is 9.85. The molecule has 2 aliphatic heterocycles. The van der Waals surface area contributed by atoms with Gasteiger partial charge in [0.1, 0.15) is 5.60 Å². The van der Waals surface area contributed by atoms with Crippen LogP contribution in [0.5, 0.6) is 0 Å². The van der Waals surface area contributed by atoms with E-state index in [4.69, 9.17) is 9.47 Å². The van der Waals surface area contributed by atoms with Crippen molar-refractivity contribution >= 4 is 5.78 Å². The van der Waals surface area contributed by atoms with E-state index in [1.54, 1.807) is 0 Å². The van der Waals surface area contributed by atoms with Crippen LogP contribution in [0.15, 0.2) is 0 Å². The summed E-state index contributed by atoms with van der Waals surface area (Å²) < 4.78 is 11.9. The predicted octanol–water partition coefficient (Wildman–Crippen LogP) is 2.01. The van der Waals surface area contributed by atoms with Gasteiger partial charge < -0.3 is 9.47 Å². The van der Waals surface area contributed by atoms with E-state index in [-0.39, 0.29) is 17.3 Å². The molecule has 3 unspecified atom stereocenters. The summed E-state index contributed by atoms with van der Waals surface area (Å²) in [5.74, 6) is 0.223. The first-order valence-corrected chi connectivity index (χ1v) is 7.91. The van der Waals surface area contributed by atoms with Crippen molar-refractivity contribution in [3.05, 3.63) is 0 Å². The summed E-state index contributed by atoms with van der Waals surface area (Å²) >= 11 is 0. The Morgan fingerprint density at radius 1 is 1.25 bits per heavy atom. The van der Waals surface area contributed by atoms with Crippen LogP contribution in [0.3, 0.4) is 0 Å². The van der Waals surface area contributed by atoms with Crippen LogP contribution < -0.4 is 0 Å². The van der Waals surface area contributed by atoms with Gasteiger partial charge in [0.2, 0.25) is 0 Å². The van der Waals surface area contributed by atoms with Crippen LogP contribution in [-0.4, -0.2) is 53.7 Å². The molecule has 3 aliphatic rings. The van der Waals surface area contributed by atoms with E-state index < -0.39 is 5.60 Å². The summed E-state index contributed by atoms with van der Waals surface area (Å²) in [5.41, 5.74) is -1.01. The van der Waals surface area contributed by atoms with E-state index in [0.29, 0.717) is 12.1 Å². The molecule has 0 aromatic rings. The number of Topliss-reactive ketones (excluding diaryl/α,β-unsaturated/α-hetero) is 1. The number of morpholine rings is 1. The van der Waals surface area contributed by atoms with Crippen LogP contribution in [0, 0.1) is 5.92 Å². The Bertz CT molecular complexity index is 405. The zero-order chi connectivity index (χ0) is 14.5. The van der Waals surface area contributed by atoms with E-state index in [9.17, 15) is 4.79 Å². The van der Waals surface area contributed by atoms with Crippen molar-refractivity contribution in [1.82, 2.24) is 4.90 Å². The van der Waals surface area contributed by atoms with Crippen molar-refractivity contribution in [2.24, 2.45) is 5.92 Å². The highest BCUT2D eigenvalue weighted by Gasteiger charge is 2.54. The van der Waals surface area contributed by atoms with Crippen molar-refractivity contribution in [3.8, 4) is 0 Å². The molecule has 20 heavy (non-hydrogen) atoms. The number of hydrogen-bond acceptors (Lipinski definition) is 4. The average Bonchev–Trinajstić information content (AvgIpc) is 2.86. The molecule has 4 nitrogen and oxygen atoms in total. The average molecular weight is 281 g/mol. The van der Waals surface area contributed by atoms with Crippen molar-refractivity contribution in [2.45, 2.75) is 70.3 Å². The second kappa shape index (κ2) is 4.79. The maximum Gasteiger partial charge on any atom is 0.171 e. The maximum absolute atomic E-state index is 12.6. The standard InChI is InChI=1S/C16H27NO3/c1-15(2)11(14(18)16(3,4)20-15)10-17-8-9-19-13-7-5-6-12(13)17/h11-13H,5-10H2,1-4H3. The van der Waals surface area contributed by atoms with Gasteiger partial charge in [-0.05, 0) is 47.0 Å². The van der Waals surface area contributed by atoms with E-state index in [1.165, 1.54) is 19.3 Å². The van der Waals surface area contributed by atoms with Gasteiger partial charge in [0.05, 0.1) is 24.2 Å². The summed E-state index contributed by atoms with van der Waals surface area (Å²) in [5, 5.41) is 0. The lowest BCUT2D eigenvalue weighted by Gasteiger charge is -2.40. The third kappa shape index (κ3) is 2.32. The first-order chi connectivity index (χ1) is 9.31. The second-order valence-electron chi connectivity index (χ2n) is 7.54. The first-order valence-electron chi connectivity index (χ1n) is 7.91. The van der Waals surface area contributed by atoms with E-state index >= 15 is 0 Å². The zero-order valence-corrected chi connectivity index (χ0v) is 13.1.